The first-order chi connectivity index (χ1) is 8.56. The quantitative estimate of drug-likeness (QED) is 0.890. The van der Waals surface area contributed by atoms with Gasteiger partial charge < -0.3 is 15.7 Å². The van der Waals surface area contributed by atoms with Gasteiger partial charge in [-0.2, -0.15) is 0 Å². The van der Waals surface area contributed by atoms with Crippen molar-refractivity contribution in [3.63, 3.8) is 0 Å². The van der Waals surface area contributed by atoms with E-state index < -0.39 is 0 Å². The number of carbonyl (C=O) groups excluding carboxylic acids is 1. The number of nitrogen functional groups attached to an aromatic ring is 1. The van der Waals surface area contributed by atoms with E-state index in [1.807, 2.05) is 24.3 Å². The number of nitrogens with two attached hydrogens (primary N) is 1. The van der Waals surface area contributed by atoms with Gasteiger partial charge in [0.2, 0.25) is 0 Å². The topological polar surface area (TPSA) is 66.6 Å². The van der Waals surface area contributed by atoms with Gasteiger partial charge in [0, 0.05) is 17.1 Å². The molecular weight excluding hydrogens is 248 g/mol. The highest BCUT2D eigenvalue weighted by Gasteiger charge is 2.22. The number of nitrogens with zero attached hydrogens (tertiary/aromatic N) is 1. The number of hydrogen-bond donors (Lipinski definition) is 2. The minimum Gasteiger partial charge on any atom is -0.397 e. The van der Waals surface area contributed by atoms with Crippen molar-refractivity contribution in [1.29, 1.82) is 0 Å². The van der Waals surface area contributed by atoms with Gasteiger partial charge in [0.05, 0.1) is 18.3 Å². The second-order valence-corrected chi connectivity index (χ2v) is 5.34. The molecule has 0 bridgehead atoms. The molecule has 2 aromatic rings. The first-order valence-corrected chi connectivity index (χ1v) is 6.53. The monoisotopic (exact) mass is 264 g/mol. The van der Waals surface area contributed by atoms with Crippen LogP contribution in [-0.4, -0.2) is 35.6 Å². The fourth-order valence-electron chi connectivity index (χ4n) is 1.71. The molecule has 5 heteroatoms. The SMILES string of the molecule is CC(CO)N(C)C(=O)c1sc2ccccc2c1N. The summed E-state index contributed by atoms with van der Waals surface area (Å²) in [6, 6.07) is 7.46. The molecule has 1 heterocycles. The molecule has 0 aliphatic heterocycles. The minimum absolute atomic E-state index is 0.0625. The lowest BCUT2D eigenvalue weighted by Gasteiger charge is -2.22. The van der Waals surface area contributed by atoms with Crippen LogP contribution in [0.2, 0.25) is 0 Å². The van der Waals surface area contributed by atoms with Crippen molar-refractivity contribution < 1.29 is 9.90 Å². The first-order valence-electron chi connectivity index (χ1n) is 5.71. The van der Waals surface area contributed by atoms with E-state index in [2.05, 4.69) is 0 Å². The summed E-state index contributed by atoms with van der Waals surface area (Å²) in [4.78, 5) is 14.3. The van der Waals surface area contributed by atoms with E-state index in [9.17, 15) is 4.79 Å². The molecule has 0 radical (unpaired) electrons. The maximum absolute atomic E-state index is 12.3. The number of fused-ring (bicyclic) bond motifs is 1. The molecule has 0 aliphatic carbocycles. The molecule has 1 aromatic carbocycles. The van der Waals surface area contributed by atoms with Crippen molar-refractivity contribution in [3.8, 4) is 0 Å². The second kappa shape index (κ2) is 4.96. The number of amides is 1. The fourth-order valence-corrected chi connectivity index (χ4v) is 2.81. The van der Waals surface area contributed by atoms with Crippen LogP contribution in [0.25, 0.3) is 10.1 Å². The maximum atomic E-state index is 12.3. The third-order valence-electron chi connectivity index (χ3n) is 3.07. The van der Waals surface area contributed by atoms with Crippen LogP contribution in [0.3, 0.4) is 0 Å². The third kappa shape index (κ3) is 2.07. The average molecular weight is 264 g/mol. The van der Waals surface area contributed by atoms with Crippen molar-refractivity contribution in [3.05, 3.63) is 29.1 Å². The Balaban J connectivity index is 2.42. The van der Waals surface area contributed by atoms with Crippen LogP contribution in [-0.2, 0) is 0 Å². The zero-order valence-electron chi connectivity index (χ0n) is 10.4. The van der Waals surface area contributed by atoms with Crippen molar-refractivity contribution in [2.45, 2.75) is 13.0 Å². The molecule has 1 amide bonds. The predicted octanol–water partition coefficient (Wildman–Crippen LogP) is 1.94. The summed E-state index contributed by atoms with van der Waals surface area (Å²) in [6.07, 6.45) is 0. The van der Waals surface area contributed by atoms with Crippen LogP contribution in [0.5, 0.6) is 0 Å². The van der Waals surface area contributed by atoms with Gasteiger partial charge in [-0.15, -0.1) is 11.3 Å². The van der Waals surface area contributed by atoms with E-state index in [1.165, 1.54) is 16.2 Å². The Hall–Kier alpha value is -1.59. The normalized spacial score (nSPS) is 12.6. The number of rotatable bonds is 3. The number of thiophene rings is 1. The Bertz CT molecular complexity index is 579. The highest BCUT2D eigenvalue weighted by Crippen LogP contribution is 2.34. The average Bonchev–Trinajstić information content (AvgIpc) is 2.74. The highest BCUT2D eigenvalue weighted by atomic mass is 32.1. The van der Waals surface area contributed by atoms with E-state index >= 15 is 0 Å². The van der Waals surface area contributed by atoms with Gasteiger partial charge >= 0.3 is 0 Å². The van der Waals surface area contributed by atoms with Gasteiger partial charge in [-0.05, 0) is 13.0 Å². The molecular formula is C13H16N2O2S. The summed E-state index contributed by atoms with van der Waals surface area (Å²) in [5.74, 6) is -0.143. The number of carbonyl (C=O) groups is 1. The number of benzene rings is 1. The summed E-state index contributed by atoms with van der Waals surface area (Å²) < 4.78 is 1.00. The Labute approximate surface area is 110 Å². The smallest absolute Gasteiger partial charge is 0.266 e. The summed E-state index contributed by atoms with van der Waals surface area (Å²) in [7, 11) is 1.67. The van der Waals surface area contributed by atoms with Gasteiger partial charge in [0.1, 0.15) is 4.88 Å². The highest BCUT2D eigenvalue weighted by molar-refractivity contribution is 7.21. The van der Waals surface area contributed by atoms with Crippen LogP contribution in [0, 0.1) is 0 Å². The van der Waals surface area contributed by atoms with E-state index in [1.54, 1.807) is 14.0 Å². The Morgan fingerprint density at radius 2 is 2.17 bits per heavy atom. The lowest BCUT2D eigenvalue weighted by molar-refractivity contribution is 0.0688. The van der Waals surface area contributed by atoms with Crippen molar-refractivity contribution in [1.82, 2.24) is 4.90 Å². The molecule has 2 rings (SSSR count). The molecule has 4 nitrogen and oxygen atoms in total. The molecule has 1 unspecified atom stereocenters. The lowest BCUT2D eigenvalue weighted by atomic mass is 10.2. The third-order valence-corrected chi connectivity index (χ3v) is 4.25. The van der Waals surface area contributed by atoms with Crippen molar-refractivity contribution in [2.24, 2.45) is 0 Å². The van der Waals surface area contributed by atoms with Gasteiger partial charge in [-0.3, -0.25) is 4.79 Å². The molecule has 96 valence electrons. The van der Waals surface area contributed by atoms with Crippen molar-refractivity contribution >= 4 is 33.0 Å². The van der Waals surface area contributed by atoms with Gasteiger partial charge in [0.25, 0.3) is 5.91 Å². The Morgan fingerprint density at radius 1 is 1.50 bits per heavy atom. The standard InChI is InChI=1S/C13H16N2O2S/c1-8(7-16)15(2)13(17)12-11(14)9-5-3-4-6-10(9)18-12/h3-6,8,16H,7,14H2,1-2H3. The Kier molecular flexibility index (Phi) is 3.54. The summed E-state index contributed by atoms with van der Waals surface area (Å²) in [5.41, 5.74) is 6.55. The molecule has 18 heavy (non-hydrogen) atoms. The van der Waals surface area contributed by atoms with Crippen molar-refractivity contribution in [2.75, 3.05) is 19.4 Å². The van der Waals surface area contributed by atoms with Crippen LogP contribution in [0.15, 0.2) is 24.3 Å². The van der Waals surface area contributed by atoms with Gasteiger partial charge in [-0.1, -0.05) is 18.2 Å². The molecule has 1 aromatic heterocycles. The zero-order chi connectivity index (χ0) is 13.3. The van der Waals surface area contributed by atoms with E-state index in [0.717, 1.165) is 10.1 Å². The number of anilines is 1. The molecule has 0 fully saturated rings. The first kappa shape index (κ1) is 12.9. The molecule has 0 saturated carbocycles. The molecule has 0 aliphatic rings. The summed E-state index contributed by atoms with van der Waals surface area (Å²) in [6.45, 7) is 1.73. The minimum atomic E-state index is -0.220. The van der Waals surface area contributed by atoms with Crippen LogP contribution < -0.4 is 5.73 Å². The van der Waals surface area contributed by atoms with E-state index in [4.69, 9.17) is 10.8 Å². The summed E-state index contributed by atoms with van der Waals surface area (Å²) >= 11 is 1.39. The summed E-state index contributed by atoms with van der Waals surface area (Å²) in [5, 5.41) is 10.0. The zero-order valence-corrected chi connectivity index (χ0v) is 11.2. The number of hydrogen-bond acceptors (Lipinski definition) is 4. The number of likely N-dealkylation sites (N-methyl/N-ethyl adjacent to an activating group) is 1. The van der Waals surface area contributed by atoms with Crippen LogP contribution in [0.4, 0.5) is 5.69 Å². The predicted molar refractivity (Wildman–Crippen MR) is 74.9 cm³/mol. The van der Waals surface area contributed by atoms with Gasteiger partial charge in [-0.25, -0.2) is 0 Å². The van der Waals surface area contributed by atoms with Gasteiger partial charge in [0.15, 0.2) is 0 Å². The molecule has 0 spiro atoms. The molecule has 0 saturated heterocycles. The van der Waals surface area contributed by atoms with Crippen LogP contribution >= 0.6 is 11.3 Å². The lowest BCUT2D eigenvalue weighted by Crippen LogP contribution is -2.37. The fraction of sp³-hybridized carbons (Fsp3) is 0.308. The second-order valence-electron chi connectivity index (χ2n) is 4.29. The number of aliphatic hydroxyl groups excluding tert-OH is 1. The Morgan fingerprint density at radius 3 is 2.78 bits per heavy atom. The van der Waals surface area contributed by atoms with E-state index in [-0.39, 0.29) is 18.6 Å². The maximum Gasteiger partial charge on any atom is 0.266 e. The number of aliphatic hydroxyl groups is 1. The van der Waals surface area contributed by atoms with E-state index in [0.29, 0.717) is 10.6 Å². The largest absolute Gasteiger partial charge is 0.397 e. The van der Waals surface area contributed by atoms with Crippen LogP contribution in [0.1, 0.15) is 16.6 Å². The molecule has 3 N–H and O–H groups in total. The molecule has 1 atom stereocenters.